The number of benzene rings is 4. The Morgan fingerprint density at radius 1 is 0.440 bits per heavy atom. The number of rotatable bonds is 19. The molecule has 3 saturated heterocycles. The fourth-order valence-electron chi connectivity index (χ4n) is 11.1. The molecule has 4 aliphatic heterocycles. The minimum Gasteiger partial charge on any atom is -0.378 e. The number of amides is 5. The summed E-state index contributed by atoms with van der Waals surface area (Å²) in [6.07, 6.45) is 13.4. The maximum Gasteiger partial charge on any atom is 0.291 e. The second-order valence-corrected chi connectivity index (χ2v) is 27.1. The lowest BCUT2D eigenvalue weighted by Crippen LogP contribution is -2.45. The highest BCUT2D eigenvalue weighted by Gasteiger charge is 2.40. The van der Waals surface area contributed by atoms with Gasteiger partial charge in [0, 0.05) is 59.8 Å². The van der Waals surface area contributed by atoms with Gasteiger partial charge < -0.3 is 18.9 Å². The van der Waals surface area contributed by atoms with Crippen molar-refractivity contribution in [2.24, 2.45) is 0 Å². The molecule has 0 bridgehead atoms. The molecule has 13 rings (SSSR count). The average Bonchev–Trinajstić information content (AvgIpc) is 1.59. The molecule has 4 unspecified atom stereocenters. The van der Waals surface area contributed by atoms with Gasteiger partial charge in [-0.2, -0.15) is 0 Å². The van der Waals surface area contributed by atoms with Crippen molar-refractivity contribution in [3.05, 3.63) is 214 Å². The van der Waals surface area contributed by atoms with Gasteiger partial charge in [-0.25, -0.2) is 87.6 Å². The molecule has 0 aliphatic carbocycles. The first-order valence-electron chi connectivity index (χ1n) is 33.0. The summed E-state index contributed by atoms with van der Waals surface area (Å²) in [5.74, 6) is -2.71. The van der Waals surface area contributed by atoms with Crippen molar-refractivity contribution in [2.75, 3.05) is 92.7 Å². The molecule has 4 aliphatic rings. The van der Waals surface area contributed by atoms with Crippen molar-refractivity contribution in [3.63, 3.8) is 0 Å². The van der Waals surface area contributed by atoms with Crippen molar-refractivity contribution >= 4 is 93.4 Å². The molecular weight excluding hydrogens is 1520 g/mol. The number of thioether (sulfide) groups is 4. The van der Waals surface area contributed by atoms with Crippen LogP contribution in [0.3, 0.4) is 0 Å². The highest BCUT2D eigenvalue weighted by Crippen LogP contribution is 2.33. The number of ether oxygens (including phenoxy) is 4. The first kappa shape index (κ1) is 85.1. The second kappa shape index (κ2) is 41.3. The number of aromatic nitrogens is 10. The summed E-state index contributed by atoms with van der Waals surface area (Å²) in [4.78, 5) is 120. The van der Waals surface area contributed by atoms with Crippen molar-refractivity contribution in [1.29, 1.82) is 0 Å². The van der Waals surface area contributed by atoms with Crippen LogP contribution in [0, 0.1) is 23.3 Å². The molecule has 4 atom stereocenters. The van der Waals surface area contributed by atoms with Gasteiger partial charge in [0.2, 0.25) is 17.7 Å². The molecule has 576 valence electrons. The first-order valence-corrected chi connectivity index (χ1v) is 38.3. The Labute approximate surface area is 648 Å². The van der Waals surface area contributed by atoms with Gasteiger partial charge in [-0.3, -0.25) is 43.3 Å². The Bertz CT molecular complexity index is 4510. The summed E-state index contributed by atoms with van der Waals surface area (Å²) >= 11 is 10.7. The smallest absolute Gasteiger partial charge is 0.291 e. The van der Waals surface area contributed by atoms with Gasteiger partial charge in [0.1, 0.15) is 40.4 Å². The van der Waals surface area contributed by atoms with Gasteiger partial charge in [-0.1, -0.05) is 103 Å². The standard InChI is InChI=1S/2C18H19FN4O3S.C18H17FN4O2S.C12H15FN2O2.C6H5ClN2OS.CH4/c2*1-26-14-10-22(16(24)9-12-3-5-13(19)6-4-12)23(11-14)17(25)15-7-8-20-18(21-15)27-2;1-25-13-9-22-16(14-7-8-20-18(21-14)26-2)15(17(24)23(22)10-13)11-3-5-12(19)6-4-11;1-17-11-7-14-15(8-11)12(16)6-9-2-4-10(13)5-3-9;1-11-6-8-3-2-4(9-6)5(7)10;/h2*3-8,14H,9-11H2,1-2H3;3-8,13H,9-10H2,1-2H3;2-5,11,14H,6-8H2,1H3;2-3H,1H3;1H4. The van der Waals surface area contributed by atoms with E-state index in [1.54, 1.807) is 84.7 Å². The topological polar surface area (TPSA) is 298 Å². The Kier molecular flexibility index (Phi) is 32.2. The van der Waals surface area contributed by atoms with E-state index in [4.69, 9.17) is 30.5 Å². The third kappa shape index (κ3) is 23.0. The quantitative estimate of drug-likeness (QED) is 0.0341. The number of methoxy groups -OCH3 is 4. The van der Waals surface area contributed by atoms with Crippen molar-refractivity contribution < 1.29 is 65.3 Å². The number of fused-ring (bicyclic) bond motifs is 1. The molecular formula is C73H79ClF4N16O11S4. The largest absolute Gasteiger partial charge is 0.378 e. The first-order chi connectivity index (χ1) is 52.1. The second-order valence-electron chi connectivity index (χ2n) is 23.6. The molecule has 0 spiro atoms. The lowest BCUT2D eigenvalue weighted by molar-refractivity contribution is -0.140. The Balaban J connectivity index is 0.000000176. The van der Waals surface area contributed by atoms with E-state index in [9.17, 15) is 51.1 Å². The predicted octanol–water partition coefficient (Wildman–Crippen LogP) is 9.20. The number of halogens is 5. The molecule has 5 aromatic heterocycles. The lowest BCUT2D eigenvalue weighted by Gasteiger charge is -2.27. The highest BCUT2D eigenvalue weighted by atomic mass is 35.5. The number of nitrogens with zero attached hydrogens (tertiary/aromatic N) is 15. The van der Waals surface area contributed by atoms with E-state index in [1.807, 2.05) is 29.7 Å². The molecule has 0 saturated carbocycles. The predicted molar refractivity (Wildman–Crippen MR) is 404 cm³/mol. The molecule has 109 heavy (non-hydrogen) atoms. The van der Waals surface area contributed by atoms with Crippen LogP contribution in [0.5, 0.6) is 0 Å². The van der Waals surface area contributed by atoms with Gasteiger partial charge in [0.25, 0.3) is 22.6 Å². The number of carbonyl (C=O) groups excluding carboxylic acids is 6. The molecule has 1 N–H and O–H groups in total. The SMILES string of the molecule is C.COC1CN(C(=O)Cc2ccc(F)cc2)N(C(=O)c2ccnc(SC)n2)C1.COC1CN(C(=O)Cc2ccc(F)cc2)N(C(=O)c2ccnc(SC)n2)C1.COC1CNN(C(=O)Cc2ccc(F)cc2)C1.COC1Cn2c(-c3ccnc(SC)n3)c(-c3ccc(F)cc3)c(=O)n2C1.CSc1nccc(C(=O)Cl)n1. The zero-order valence-corrected chi connectivity index (χ0v) is 63.7. The van der Waals surface area contributed by atoms with Crippen LogP contribution in [0.1, 0.15) is 55.6 Å². The number of hydrogen-bond acceptors (Lipinski definition) is 24. The highest BCUT2D eigenvalue weighted by molar-refractivity contribution is 7.99. The fraction of sp³-hybridized carbons (Fsp3) is 0.329. The molecule has 9 heterocycles. The Hall–Kier alpha value is -9.56. The lowest BCUT2D eigenvalue weighted by atomic mass is 10.0. The zero-order chi connectivity index (χ0) is 77.6. The summed E-state index contributed by atoms with van der Waals surface area (Å²) in [7, 11) is 6.34. The normalized spacial score (nSPS) is 16.1. The summed E-state index contributed by atoms with van der Waals surface area (Å²) in [5.41, 5.74) is 8.21. The summed E-state index contributed by atoms with van der Waals surface area (Å²) in [6.45, 7) is 3.27. The molecule has 9 aromatic rings. The van der Waals surface area contributed by atoms with Gasteiger partial charge >= 0.3 is 0 Å². The Morgan fingerprint density at radius 3 is 1.18 bits per heavy atom. The molecule has 36 heteroatoms. The zero-order valence-electron chi connectivity index (χ0n) is 59.7. The average molecular weight is 1600 g/mol. The van der Waals surface area contributed by atoms with Crippen LogP contribution in [0.4, 0.5) is 17.6 Å². The molecule has 4 aromatic carbocycles. The van der Waals surface area contributed by atoms with E-state index in [2.05, 4.69) is 45.3 Å². The molecule has 5 amide bonds. The Morgan fingerprint density at radius 2 is 0.789 bits per heavy atom. The minimum atomic E-state index is -0.553. The van der Waals surface area contributed by atoms with Gasteiger partial charge in [-0.15, -0.1) is 0 Å². The van der Waals surface area contributed by atoms with E-state index in [0.29, 0.717) is 80.4 Å². The summed E-state index contributed by atoms with van der Waals surface area (Å²) in [5, 5.41) is 8.60. The number of carbonyl (C=O) groups is 6. The molecule has 0 radical (unpaired) electrons. The van der Waals surface area contributed by atoms with E-state index in [-0.39, 0.29) is 153 Å². The summed E-state index contributed by atoms with van der Waals surface area (Å²) in [6, 6.07) is 29.7. The fourth-order valence-corrected chi connectivity index (χ4v) is 12.7. The maximum absolute atomic E-state index is 13.4. The molecule has 27 nitrogen and oxygen atoms in total. The van der Waals surface area contributed by atoms with Gasteiger partial charge in [-0.05, 0) is 132 Å². The monoisotopic (exact) mass is 1590 g/mol. The van der Waals surface area contributed by atoms with Gasteiger partial charge in [0.05, 0.1) is 106 Å². The van der Waals surface area contributed by atoms with Crippen molar-refractivity contribution in [3.8, 4) is 22.5 Å². The minimum absolute atomic E-state index is 0. The maximum atomic E-state index is 13.4. The number of hydrazine groups is 3. The van der Waals surface area contributed by atoms with E-state index >= 15 is 0 Å². The van der Waals surface area contributed by atoms with E-state index in [1.165, 1.54) is 167 Å². The molecule has 3 fully saturated rings. The van der Waals surface area contributed by atoms with Gasteiger partial charge in [0.15, 0.2) is 20.6 Å². The summed E-state index contributed by atoms with van der Waals surface area (Å²) < 4.78 is 77.0. The van der Waals surface area contributed by atoms with Crippen molar-refractivity contribution in [1.82, 2.24) is 79.7 Å². The van der Waals surface area contributed by atoms with Crippen LogP contribution < -0.4 is 11.0 Å². The van der Waals surface area contributed by atoms with Crippen LogP contribution in [0.2, 0.25) is 0 Å². The van der Waals surface area contributed by atoms with Crippen LogP contribution in [-0.2, 0) is 65.7 Å². The van der Waals surface area contributed by atoms with Crippen LogP contribution >= 0.6 is 58.6 Å². The van der Waals surface area contributed by atoms with Crippen LogP contribution in [-0.4, -0.2) is 226 Å². The van der Waals surface area contributed by atoms with E-state index in [0.717, 1.165) is 5.56 Å². The van der Waals surface area contributed by atoms with Crippen molar-refractivity contribution in [2.45, 2.75) is 84.8 Å². The van der Waals surface area contributed by atoms with Crippen LogP contribution in [0.15, 0.2) is 172 Å². The third-order valence-electron chi connectivity index (χ3n) is 16.7. The van der Waals surface area contributed by atoms with E-state index < -0.39 is 5.24 Å². The number of hydrogen-bond donors (Lipinski definition) is 1. The number of nitrogens with one attached hydrogen (secondary N) is 1. The third-order valence-corrected chi connectivity index (χ3v) is 19.2. The van der Waals surface area contributed by atoms with Crippen LogP contribution in [0.25, 0.3) is 22.5 Å².